The molecule has 1 heterocycles. The van der Waals surface area contributed by atoms with Crippen LogP contribution in [0, 0.1) is 11.6 Å². The van der Waals surface area contributed by atoms with Crippen LogP contribution in [0.15, 0.2) is 18.2 Å². The highest BCUT2D eigenvalue weighted by molar-refractivity contribution is 7.19. The fourth-order valence-electron chi connectivity index (χ4n) is 2.83. The Morgan fingerprint density at radius 3 is 2.11 bits per heavy atom. The Bertz CT molecular complexity index is 718. The lowest BCUT2D eigenvalue weighted by Crippen LogP contribution is -2.12. The summed E-state index contributed by atoms with van der Waals surface area (Å²) in [5.41, 5.74) is -0.100. The van der Waals surface area contributed by atoms with Crippen molar-refractivity contribution < 1.29 is 13.6 Å². The number of hydrogen-bond donors (Lipinski definition) is 2. The lowest BCUT2D eigenvalue weighted by Gasteiger charge is -2.03. The number of nitrogens with one attached hydrogen (secondary N) is 2. The van der Waals surface area contributed by atoms with Crippen molar-refractivity contribution in [1.29, 1.82) is 0 Å². The SMILES string of the molecule is CCCCCCCCCCCNc1nnc(NC(=O)c2cc(F)cc(F)c2)s1. The molecule has 2 aromatic rings. The average Bonchev–Trinajstić information content (AvgIpc) is 3.09. The third kappa shape index (κ3) is 8.29. The second-order valence-electron chi connectivity index (χ2n) is 6.78. The molecule has 0 fully saturated rings. The zero-order chi connectivity index (χ0) is 20.2. The first kappa shape index (κ1) is 22.2. The van der Waals surface area contributed by atoms with E-state index in [9.17, 15) is 13.6 Å². The average molecular weight is 411 g/mol. The first-order valence-electron chi connectivity index (χ1n) is 9.93. The molecule has 0 bridgehead atoms. The maximum atomic E-state index is 13.2. The molecule has 2 N–H and O–H groups in total. The molecule has 0 aliphatic heterocycles. The molecule has 0 saturated carbocycles. The van der Waals surface area contributed by atoms with E-state index in [2.05, 4.69) is 27.8 Å². The van der Waals surface area contributed by atoms with E-state index in [1.165, 1.54) is 62.7 Å². The molecule has 0 aliphatic rings. The molecule has 0 unspecified atom stereocenters. The first-order chi connectivity index (χ1) is 13.6. The maximum absolute atomic E-state index is 13.2. The Morgan fingerprint density at radius 1 is 0.893 bits per heavy atom. The van der Waals surface area contributed by atoms with Crippen LogP contribution in [-0.2, 0) is 0 Å². The maximum Gasteiger partial charge on any atom is 0.257 e. The Labute approximate surface area is 169 Å². The van der Waals surface area contributed by atoms with Gasteiger partial charge in [0.25, 0.3) is 5.91 Å². The van der Waals surface area contributed by atoms with E-state index < -0.39 is 17.5 Å². The molecule has 1 aromatic heterocycles. The minimum Gasteiger partial charge on any atom is -0.360 e. The van der Waals surface area contributed by atoms with Gasteiger partial charge in [0, 0.05) is 18.2 Å². The molecule has 0 saturated heterocycles. The summed E-state index contributed by atoms with van der Waals surface area (Å²) in [5, 5.41) is 14.4. The minimum absolute atomic E-state index is 0.100. The smallest absolute Gasteiger partial charge is 0.257 e. The molecular formula is C20H28F2N4OS. The lowest BCUT2D eigenvalue weighted by molar-refractivity contribution is 0.102. The van der Waals surface area contributed by atoms with E-state index in [1.54, 1.807) is 0 Å². The number of carbonyl (C=O) groups is 1. The van der Waals surface area contributed by atoms with E-state index in [1.807, 2.05) is 0 Å². The van der Waals surface area contributed by atoms with Crippen LogP contribution in [0.1, 0.15) is 75.1 Å². The standard InChI is InChI=1S/C20H28F2N4OS/c1-2-3-4-5-6-7-8-9-10-11-23-19-25-26-20(28-19)24-18(27)15-12-16(21)14-17(22)13-15/h12-14H,2-11H2,1H3,(H,23,25)(H,24,26,27). The molecule has 0 radical (unpaired) electrons. The largest absolute Gasteiger partial charge is 0.360 e. The Morgan fingerprint density at radius 2 is 1.46 bits per heavy atom. The van der Waals surface area contributed by atoms with Crippen molar-refractivity contribution in [2.24, 2.45) is 0 Å². The zero-order valence-corrected chi connectivity index (χ0v) is 17.1. The van der Waals surface area contributed by atoms with Crippen LogP contribution in [0.3, 0.4) is 0 Å². The number of rotatable bonds is 13. The van der Waals surface area contributed by atoms with E-state index in [0.717, 1.165) is 31.2 Å². The number of nitrogens with zero attached hydrogens (tertiary/aromatic N) is 2. The third-order valence-corrected chi connectivity index (χ3v) is 5.12. The van der Waals surface area contributed by atoms with Crippen molar-refractivity contribution in [3.63, 3.8) is 0 Å². The number of amides is 1. The van der Waals surface area contributed by atoms with Crippen molar-refractivity contribution in [1.82, 2.24) is 10.2 Å². The predicted molar refractivity (Wildman–Crippen MR) is 110 cm³/mol. The number of halogens is 2. The quantitative estimate of drug-likeness (QED) is 0.397. The van der Waals surface area contributed by atoms with Crippen LogP contribution in [0.2, 0.25) is 0 Å². The number of unbranched alkanes of at least 4 members (excludes halogenated alkanes) is 8. The number of hydrogen-bond acceptors (Lipinski definition) is 5. The van der Waals surface area contributed by atoms with Gasteiger partial charge in [-0.25, -0.2) is 8.78 Å². The molecule has 0 atom stereocenters. The molecule has 5 nitrogen and oxygen atoms in total. The number of benzene rings is 1. The zero-order valence-electron chi connectivity index (χ0n) is 16.3. The molecule has 28 heavy (non-hydrogen) atoms. The van der Waals surface area contributed by atoms with Gasteiger partial charge in [-0.05, 0) is 18.6 Å². The highest BCUT2D eigenvalue weighted by Gasteiger charge is 2.12. The predicted octanol–water partition coefficient (Wildman–Crippen LogP) is 6.01. The van der Waals surface area contributed by atoms with Crippen LogP contribution >= 0.6 is 11.3 Å². The summed E-state index contributed by atoms with van der Waals surface area (Å²) in [4.78, 5) is 12.0. The fraction of sp³-hybridized carbons (Fsp3) is 0.550. The van der Waals surface area contributed by atoms with E-state index in [4.69, 9.17) is 0 Å². The van der Waals surface area contributed by atoms with Gasteiger partial charge in [0.2, 0.25) is 10.3 Å². The Hall–Kier alpha value is -2.09. The first-order valence-corrected chi connectivity index (χ1v) is 10.7. The lowest BCUT2D eigenvalue weighted by atomic mass is 10.1. The molecule has 1 aromatic carbocycles. The topological polar surface area (TPSA) is 66.9 Å². The molecular weight excluding hydrogens is 382 g/mol. The number of carbonyl (C=O) groups excluding carboxylic acids is 1. The van der Waals surface area contributed by atoms with Gasteiger partial charge in [-0.3, -0.25) is 10.1 Å². The van der Waals surface area contributed by atoms with Crippen molar-refractivity contribution in [2.75, 3.05) is 17.2 Å². The second-order valence-corrected chi connectivity index (χ2v) is 7.76. The molecule has 1 amide bonds. The van der Waals surface area contributed by atoms with Gasteiger partial charge in [0.15, 0.2) is 0 Å². The normalized spacial score (nSPS) is 10.8. The molecule has 2 rings (SSSR count). The van der Waals surface area contributed by atoms with Crippen LogP contribution < -0.4 is 10.6 Å². The summed E-state index contributed by atoms with van der Waals surface area (Å²) in [6, 6.07) is 2.67. The summed E-state index contributed by atoms with van der Waals surface area (Å²) >= 11 is 1.19. The molecule has 0 spiro atoms. The summed E-state index contributed by atoms with van der Waals surface area (Å²) in [6.45, 7) is 3.03. The monoisotopic (exact) mass is 410 g/mol. The fourth-order valence-corrected chi connectivity index (χ4v) is 3.49. The van der Waals surface area contributed by atoms with Crippen molar-refractivity contribution in [3.05, 3.63) is 35.4 Å². The van der Waals surface area contributed by atoms with Gasteiger partial charge in [0.1, 0.15) is 11.6 Å². The Balaban J connectivity index is 1.62. The van der Waals surface area contributed by atoms with Gasteiger partial charge in [0.05, 0.1) is 0 Å². The van der Waals surface area contributed by atoms with Crippen LogP contribution in [-0.4, -0.2) is 22.6 Å². The minimum atomic E-state index is -0.800. The summed E-state index contributed by atoms with van der Waals surface area (Å²) in [6.07, 6.45) is 11.4. The van der Waals surface area contributed by atoms with E-state index in [0.29, 0.717) is 5.13 Å². The van der Waals surface area contributed by atoms with Crippen molar-refractivity contribution >= 4 is 27.5 Å². The van der Waals surface area contributed by atoms with Crippen LogP contribution in [0.4, 0.5) is 19.0 Å². The summed E-state index contributed by atoms with van der Waals surface area (Å²) in [5.74, 6) is -2.23. The van der Waals surface area contributed by atoms with Crippen molar-refractivity contribution in [3.8, 4) is 0 Å². The van der Waals surface area contributed by atoms with Gasteiger partial charge in [-0.15, -0.1) is 10.2 Å². The number of anilines is 2. The second kappa shape index (κ2) is 12.4. The van der Waals surface area contributed by atoms with Gasteiger partial charge in [-0.2, -0.15) is 0 Å². The highest BCUT2D eigenvalue weighted by atomic mass is 32.1. The van der Waals surface area contributed by atoms with Gasteiger partial charge < -0.3 is 5.32 Å². The summed E-state index contributed by atoms with van der Waals surface area (Å²) in [7, 11) is 0. The van der Waals surface area contributed by atoms with E-state index >= 15 is 0 Å². The van der Waals surface area contributed by atoms with Gasteiger partial charge >= 0.3 is 0 Å². The van der Waals surface area contributed by atoms with Crippen LogP contribution in [0.25, 0.3) is 0 Å². The highest BCUT2D eigenvalue weighted by Crippen LogP contribution is 2.21. The molecule has 154 valence electrons. The van der Waals surface area contributed by atoms with Gasteiger partial charge in [-0.1, -0.05) is 69.6 Å². The number of aromatic nitrogens is 2. The Kier molecular flexibility index (Phi) is 9.82. The van der Waals surface area contributed by atoms with Crippen molar-refractivity contribution in [2.45, 2.75) is 64.7 Å². The van der Waals surface area contributed by atoms with E-state index in [-0.39, 0.29) is 10.7 Å². The summed E-state index contributed by atoms with van der Waals surface area (Å²) < 4.78 is 26.4. The molecule has 8 heteroatoms. The van der Waals surface area contributed by atoms with Crippen LogP contribution in [0.5, 0.6) is 0 Å². The molecule has 0 aliphatic carbocycles. The third-order valence-electron chi connectivity index (χ3n) is 4.33.